The maximum atomic E-state index is 13.3. The first-order valence-corrected chi connectivity index (χ1v) is 6.28. The average molecular weight is 388 g/mol. The van der Waals surface area contributed by atoms with Crippen molar-refractivity contribution in [1.29, 1.82) is 0 Å². The molecule has 106 valence electrons. The Morgan fingerprint density at radius 3 is 2.53 bits per heavy atom. The molecule has 1 aliphatic heterocycles. The molecule has 2 rings (SSSR count). The second-order valence-corrected chi connectivity index (χ2v) is 5.14. The number of aliphatic hydroxyl groups is 3. The SMILES string of the molecule is O=c1c(I)cn([C@H]2O[C@H](CO)[C@@H](O)[C@@H]2O)c(=O)n1F. The summed E-state index contributed by atoms with van der Waals surface area (Å²) in [7, 11) is 0. The zero-order valence-corrected chi connectivity index (χ0v) is 11.5. The van der Waals surface area contributed by atoms with E-state index in [0.717, 1.165) is 6.20 Å². The van der Waals surface area contributed by atoms with Gasteiger partial charge < -0.3 is 20.1 Å². The van der Waals surface area contributed by atoms with Gasteiger partial charge in [-0.1, -0.05) is 9.27 Å². The standard InChI is InChI=1S/C9H10FIN2O6/c10-13-7(17)3(11)1-12(9(13)18)8-6(16)5(15)4(2-14)19-8/h1,4-6,8,14-16H,2H2/t4-,5-,6+,8+/m1/s1. The Hall–Kier alpha value is -0.820. The Morgan fingerprint density at radius 1 is 1.37 bits per heavy atom. The van der Waals surface area contributed by atoms with Crippen molar-refractivity contribution in [3.05, 3.63) is 30.6 Å². The Kier molecular flexibility index (Phi) is 4.06. The van der Waals surface area contributed by atoms with E-state index in [1.807, 2.05) is 0 Å². The van der Waals surface area contributed by atoms with Gasteiger partial charge in [0.05, 0.1) is 10.2 Å². The molecule has 0 radical (unpaired) electrons. The lowest BCUT2D eigenvalue weighted by atomic mass is 10.1. The molecule has 10 heteroatoms. The van der Waals surface area contributed by atoms with Crippen LogP contribution < -0.4 is 11.2 Å². The maximum absolute atomic E-state index is 13.3. The van der Waals surface area contributed by atoms with Crippen LogP contribution in [0.1, 0.15) is 6.23 Å². The molecular weight excluding hydrogens is 378 g/mol. The summed E-state index contributed by atoms with van der Waals surface area (Å²) in [5.74, 6) is 0. The van der Waals surface area contributed by atoms with E-state index < -0.39 is 47.2 Å². The molecule has 1 aliphatic rings. The Bertz CT molecular complexity index is 601. The summed E-state index contributed by atoms with van der Waals surface area (Å²) in [5.41, 5.74) is -2.45. The highest BCUT2D eigenvalue weighted by Crippen LogP contribution is 2.28. The summed E-state index contributed by atoms with van der Waals surface area (Å²) in [6.07, 6.45) is -4.40. The van der Waals surface area contributed by atoms with Crippen molar-refractivity contribution < 1.29 is 24.5 Å². The predicted molar refractivity (Wildman–Crippen MR) is 67.2 cm³/mol. The minimum atomic E-state index is -1.52. The van der Waals surface area contributed by atoms with Gasteiger partial charge in [0.15, 0.2) is 6.23 Å². The number of aromatic nitrogens is 2. The minimum Gasteiger partial charge on any atom is -0.394 e. The summed E-state index contributed by atoms with van der Waals surface area (Å²) < 4.78 is 19.0. The molecule has 0 saturated carbocycles. The molecule has 0 unspecified atom stereocenters. The number of halogens is 2. The van der Waals surface area contributed by atoms with Crippen LogP contribution in [0.3, 0.4) is 0 Å². The Morgan fingerprint density at radius 2 is 2.00 bits per heavy atom. The van der Waals surface area contributed by atoms with Gasteiger partial charge in [-0.25, -0.2) is 4.79 Å². The summed E-state index contributed by atoms with van der Waals surface area (Å²) in [4.78, 5) is 22.2. The lowest BCUT2D eigenvalue weighted by Gasteiger charge is -2.17. The summed E-state index contributed by atoms with van der Waals surface area (Å²) in [5, 5.41) is 28.2. The minimum absolute atomic E-state index is 0.0996. The van der Waals surface area contributed by atoms with Gasteiger partial charge >= 0.3 is 5.69 Å². The van der Waals surface area contributed by atoms with E-state index in [2.05, 4.69) is 0 Å². The number of aliphatic hydroxyl groups excluding tert-OH is 3. The molecular formula is C9H10FIN2O6. The van der Waals surface area contributed by atoms with E-state index in [0.29, 0.717) is 4.57 Å². The smallest absolute Gasteiger partial charge is 0.362 e. The monoisotopic (exact) mass is 388 g/mol. The van der Waals surface area contributed by atoms with Gasteiger partial charge in [-0.05, 0) is 22.6 Å². The van der Waals surface area contributed by atoms with Gasteiger partial charge in [-0.3, -0.25) is 9.36 Å². The van der Waals surface area contributed by atoms with Gasteiger partial charge in [0, 0.05) is 6.20 Å². The zero-order chi connectivity index (χ0) is 14.3. The van der Waals surface area contributed by atoms with Crippen LogP contribution >= 0.6 is 22.6 Å². The van der Waals surface area contributed by atoms with Crippen LogP contribution in [-0.2, 0) is 4.74 Å². The molecule has 2 heterocycles. The highest BCUT2D eigenvalue weighted by atomic mass is 127. The number of rotatable bonds is 2. The number of ether oxygens (including phenoxy) is 1. The molecule has 4 atom stereocenters. The first kappa shape index (κ1) is 14.6. The van der Waals surface area contributed by atoms with Crippen molar-refractivity contribution in [1.82, 2.24) is 9.36 Å². The summed E-state index contributed by atoms with van der Waals surface area (Å²) in [6, 6.07) is 0. The van der Waals surface area contributed by atoms with Crippen molar-refractivity contribution in [2.24, 2.45) is 0 Å². The fourth-order valence-electron chi connectivity index (χ4n) is 1.81. The van der Waals surface area contributed by atoms with Crippen molar-refractivity contribution in [2.45, 2.75) is 24.5 Å². The maximum Gasteiger partial charge on any atom is 0.362 e. The lowest BCUT2D eigenvalue weighted by molar-refractivity contribution is -0.0566. The highest BCUT2D eigenvalue weighted by molar-refractivity contribution is 14.1. The van der Waals surface area contributed by atoms with Gasteiger partial charge in [0.25, 0.3) is 5.56 Å². The van der Waals surface area contributed by atoms with Gasteiger partial charge in [-0.15, -0.1) is 0 Å². The Labute approximate surface area is 118 Å². The van der Waals surface area contributed by atoms with E-state index in [1.165, 1.54) is 22.6 Å². The molecule has 0 bridgehead atoms. The molecule has 0 spiro atoms. The van der Waals surface area contributed by atoms with E-state index in [-0.39, 0.29) is 3.57 Å². The number of nitrogens with zero attached hydrogens (tertiary/aromatic N) is 2. The fourth-order valence-corrected chi connectivity index (χ4v) is 2.32. The Balaban J connectivity index is 2.50. The largest absolute Gasteiger partial charge is 0.394 e. The third-order valence-electron chi connectivity index (χ3n) is 2.82. The zero-order valence-electron chi connectivity index (χ0n) is 9.31. The van der Waals surface area contributed by atoms with Crippen LogP contribution in [0, 0.1) is 3.57 Å². The molecule has 0 aliphatic carbocycles. The molecule has 19 heavy (non-hydrogen) atoms. The molecule has 1 aromatic rings. The van der Waals surface area contributed by atoms with Gasteiger partial charge in [0.1, 0.15) is 18.3 Å². The molecule has 0 aromatic carbocycles. The lowest BCUT2D eigenvalue weighted by Crippen LogP contribution is -2.42. The van der Waals surface area contributed by atoms with E-state index in [4.69, 9.17) is 9.84 Å². The van der Waals surface area contributed by atoms with E-state index >= 15 is 0 Å². The second-order valence-electron chi connectivity index (χ2n) is 3.98. The van der Waals surface area contributed by atoms with Gasteiger partial charge in [-0.2, -0.15) is 0 Å². The molecule has 3 N–H and O–H groups in total. The average Bonchev–Trinajstić information content (AvgIpc) is 2.68. The quantitative estimate of drug-likeness (QED) is 0.504. The van der Waals surface area contributed by atoms with Crippen LogP contribution in [0.2, 0.25) is 0 Å². The normalized spacial score (nSPS) is 30.8. The fraction of sp³-hybridized carbons (Fsp3) is 0.556. The molecule has 0 amide bonds. The predicted octanol–water partition coefficient (Wildman–Crippen LogP) is -2.04. The van der Waals surface area contributed by atoms with Crippen LogP contribution in [0.25, 0.3) is 0 Å². The van der Waals surface area contributed by atoms with Crippen LogP contribution in [0.5, 0.6) is 0 Å². The molecule has 8 nitrogen and oxygen atoms in total. The van der Waals surface area contributed by atoms with Crippen LogP contribution in [-0.4, -0.2) is 49.6 Å². The topological polar surface area (TPSA) is 114 Å². The number of hydrogen-bond donors (Lipinski definition) is 3. The first-order chi connectivity index (χ1) is 8.88. The van der Waals surface area contributed by atoms with Crippen molar-refractivity contribution >= 4 is 22.6 Å². The van der Waals surface area contributed by atoms with Crippen molar-refractivity contribution in [3.8, 4) is 0 Å². The third-order valence-corrected chi connectivity index (χ3v) is 3.56. The summed E-state index contributed by atoms with van der Waals surface area (Å²) in [6.45, 7) is -0.574. The van der Waals surface area contributed by atoms with Crippen molar-refractivity contribution in [2.75, 3.05) is 6.61 Å². The van der Waals surface area contributed by atoms with Gasteiger partial charge in [0.2, 0.25) is 0 Å². The third kappa shape index (κ3) is 2.33. The van der Waals surface area contributed by atoms with Crippen molar-refractivity contribution in [3.63, 3.8) is 0 Å². The molecule has 1 fully saturated rings. The summed E-state index contributed by atoms with van der Waals surface area (Å²) >= 11 is 1.52. The first-order valence-electron chi connectivity index (χ1n) is 5.20. The second kappa shape index (κ2) is 5.28. The molecule has 1 saturated heterocycles. The molecule has 1 aromatic heterocycles. The van der Waals surface area contributed by atoms with Crippen LogP contribution in [0.15, 0.2) is 15.8 Å². The highest BCUT2D eigenvalue weighted by Gasteiger charge is 2.44. The van der Waals surface area contributed by atoms with E-state index in [9.17, 15) is 24.3 Å². The van der Waals surface area contributed by atoms with E-state index in [1.54, 1.807) is 0 Å². The van der Waals surface area contributed by atoms with Crippen LogP contribution in [0.4, 0.5) is 4.48 Å². The number of hydrogen-bond acceptors (Lipinski definition) is 6.